The third-order valence-electron chi connectivity index (χ3n) is 4.71. The molecule has 1 amide bonds. The molecule has 24 heavy (non-hydrogen) atoms. The van der Waals surface area contributed by atoms with Crippen molar-refractivity contribution in [3.05, 3.63) is 35.4 Å². The van der Waals surface area contributed by atoms with E-state index in [4.69, 9.17) is 0 Å². The Morgan fingerprint density at radius 2 is 2.04 bits per heavy atom. The molecule has 3 N–H and O–H groups in total. The third kappa shape index (κ3) is 5.24. The summed E-state index contributed by atoms with van der Waals surface area (Å²) in [5.41, 5.74) is 0.410. The Bertz CT molecular complexity index is 548. The molecule has 0 bridgehead atoms. The molecule has 0 radical (unpaired) electrons. The first-order valence-corrected chi connectivity index (χ1v) is 8.52. The molecule has 1 heterocycles. The van der Waals surface area contributed by atoms with Crippen molar-refractivity contribution in [3.8, 4) is 0 Å². The summed E-state index contributed by atoms with van der Waals surface area (Å²) in [6, 6.07) is 2.53. The molecular formula is C18H26F2N2O2. The molecule has 6 heteroatoms. The Morgan fingerprint density at radius 1 is 1.38 bits per heavy atom. The monoisotopic (exact) mass is 340 g/mol. The van der Waals surface area contributed by atoms with Gasteiger partial charge >= 0.3 is 0 Å². The molecule has 1 unspecified atom stereocenters. The maximum atomic E-state index is 13.4. The topological polar surface area (TPSA) is 61.4 Å². The smallest absolute Gasteiger partial charge is 0.217 e. The summed E-state index contributed by atoms with van der Waals surface area (Å²) in [4.78, 5) is 11.5. The normalized spacial score (nSPS) is 23.5. The van der Waals surface area contributed by atoms with Crippen LogP contribution in [0.2, 0.25) is 0 Å². The summed E-state index contributed by atoms with van der Waals surface area (Å²) in [6.07, 6.45) is 2.29. The average Bonchev–Trinajstić information content (AvgIpc) is 2.52. The Labute approximate surface area is 141 Å². The van der Waals surface area contributed by atoms with Gasteiger partial charge in [0.15, 0.2) is 0 Å². The second-order valence-electron chi connectivity index (χ2n) is 6.64. The number of rotatable bonds is 6. The summed E-state index contributed by atoms with van der Waals surface area (Å²) in [5, 5.41) is 16.8. The maximum absolute atomic E-state index is 13.4. The molecular weight excluding hydrogens is 314 g/mol. The molecule has 0 saturated carbocycles. The predicted molar refractivity (Wildman–Crippen MR) is 88.5 cm³/mol. The number of benzene rings is 1. The van der Waals surface area contributed by atoms with Crippen molar-refractivity contribution in [3.63, 3.8) is 0 Å². The van der Waals surface area contributed by atoms with Gasteiger partial charge in [-0.1, -0.05) is 13.3 Å². The van der Waals surface area contributed by atoms with Gasteiger partial charge in [0.1, 0.15) is 11.6 Å². The van der Waals surface area contributed by atoms with E-state index in [2.05, 4.69) is 17.6 Å². The van der Waals surface area contributed by atoms with Crippen molar-refractivity contribution in [2.75, 3.05) is 6.54 Å². The van der Waals surface area contributed by atoms with Crippen LogP contribution in [-0.4, -0.2) is 35.7 Å². The molecule has 1 aliphatic heterocycles. The fraction of sp³-hybridized carbons (Fsp3) is 0.611. The minimum atomic E-state index is -0.824. The molecule has 2 rings (SSSR count). The van der Waals surface area contributed by atoms with Crippen LogP contribution in [0.15, 0.2) is 18.2 Å². The molecule has 4 atom stereocenters. The fourth-order valence-corrected chi connectivity index (χ4v) is 3.45. The Hall–Kier alpha value is -1.53. The summed E-state index contributed by atoms with van der Waals surface area (Å²) < 4.78 is 26.8. The first-order chi connectivity index (χ1) is 11.4. The van der Waals surface area contributed by atoms with Crippen LogP contribution in [0.3, 0.4) is 0 Å². The quantitative estimate of drug-likeness (QED) is 0.744. The van der Waals surface area contributed by atoms with Gasteiger partial charge in [0.05, 0.1) is 12.1 Å². The van der Waals surface area contributed by atoms with E-state index >= 15 is 0 Å². The molecule has 1 aromatic carbocycles. The molecule has 1 aliphatic rings. The number of carbonyl (C=O) groups excluding carboxylic acids is 1. The van der Waals surface area contributed by atoms with Gasteiger partial charge in [-0.15, -0.1) is 0 Å². The molecule has 134 valence electrons. The van der Waals surface area contributed by atoms with E-state index in [1.165, 1.54) is 19.1 Å². The van der Waals surface area contributed by atoms with Crippen LogP contribution in [0.1, 0.15) is 38.7 Å². The van der Waals surface area contributed by atoms with Crippen molar-refractivity contribution in [2.24, 2.45) is 5.92 Å². The highest BCUT2D eigenvalue weighted by Crippen LogP contribution is 2.23. The van der Waals surface area contributed by atoms with Crippen LogP contribution >= 0.6 is 0 Å². The summed E-state index contributed by atoms with van der Waals surface area (Å²) >= 11 is 0. The second-order valence-corrected chi connectivity index (χ2v) is 6.64. The first kappa shape index (κ1) is 18.8. The van der Waals surface area contributed by atoms with Gasteiger partial charge < -0.3 is 15.7 Å². The Morgan fingerprint density at radius 3 is 2.62 bits per heavy atom. The van der Waals surface area contributed by atoms with Gasteiger partial charge in [-0.2, -0.15) is 0 Å². The van der Waals surface area contributed by atoms with Crippen molar-refractivity contribution in [1.29, 1.82) is 0 Å². The minimum absolute atomic E-state index is 0.140. The number of hydrogen-bond donors (Lipinski definition) is 3. The summed E-state index contributed by atoms with van der Waals surface area (Å²) in [6.45, 7) is 4.32. The largest absolute Gasteiger partial charge is 0.389 e. The number of nitrogens with one attached hydrogen (secondary N) is 2. The second kappa shape index (κ2) is 8.53. The highest BCUT2D eigenvalue weighted by atomic mass is 19.1. The van der Waals surface area contributed by atoms with Gasteiger partial charge in [0.2, 0.25) is 5.91 Å². The van der Waals surface area contributed by atoms with E-state index in [1.54, 1.807) is 0 Å². The van der Waals surface area contributed by atoms with Crippen molar-refractivity contribution >= 4 is 5.91 Å². The van der Waals surface area contributed by atoms with Crippen LogP contribution in [-0.2, 0) is 11.2 Å². The lowest BCUT2D eigenvalue weighted by molar-refractivity contribution is -0.120. The lowest BCUT2D eigenvalue weighted by Gasteiger charge is -2.36. The van der Waals surface area contributed by atoms with Crippen molar-refractivity contribution in [2.45, 2.75) is 57.7 Å². The number of halogens is 2. The van der Waals surface area contributed by atoms with Gasteiger partial charge in [-0.3, -0.25) is 4.79 Å². The number of aliphatic hydroxyl groups is 1. The first-order valence-electron chi connectivity index (χ1n) is 8.52. The van der Waals surface area contributed by atoms with Crippen LogP contribution in [0.5, 0.6) is 0 Å². The van der Waals surface area contributed by atoms with Gasteiger partial charge in [0.25, 0.3) is 0 Å². The number of carbonyl (C=O) groups is 1. The zero-order valence-corrected chi connectivity index (χ0v) is 14.2. The van der Waals surface area contributed by atoms with Gasteiger partial charge in [0, 0.05) is 19.0 Å². The molecule has 0 spiro atoms. The Kier molecular flexibility index (Phi) is 6.69. The molecule has 0 aliphatic carbocycles. The number of piperidine rings is 1. The van der Waals surface area contributed by atoms with Gasteiger partial charge in [-0.25, -0.2) is 8.78 Å². The maximum Gasteiger partial charge on any atom is 0.217 e. The zero-order chi connectivity index (χ0) is 17.7. The summed E-state index contributed by atoms with van der Waals surface area (Å²) in [7, 11) is 0. The number of amides is 1. The third-order valence-corrected chi connectivity index (χ3v) is 4.71. The lowest BCUT2D eigenvalue weighted by Crippen LogP contribution is -2.55. The highest BCUT2D eigenvalue weighted by molar-refractivity contribution is 5.73. The van der Waals surface area contributed by atoms with E-state index in [0.717, 1.165) is 31.9 Å². The van der Waals surface area contributed by atoms with Crippen LogP contribution in [0.4, 0.5) is 8.78 Å². The van der Waals surface area contributed by atoms with E-state index in [0.29, 0.717) is 11.5 Å². The van der Waals surface area contributed by atoms with Crippen molar-refractivity contribution in [1.82, 2.24) is 10.6 Å². The lowest BCUT2D eigenvalue weighted by atomic mass is 9.85. The molecule has 1 saturated heterocycles. The van der Waals surface area contributed by atoms with Crippen LogP contribution < -0.4 is 10.6 Å². The number of aliphatic hydroxyl groups excluding tert-OH is 1. The SMILES string of the molecule is CCC1CCN[C@H]([C@@H](O)[C@H](Cc2cc(F)cc(F)c2)NC(C)=O)C1. The highest BCUT2D eigenvalue weighted by Gasteiger charge is 2.32. The van der Waals surface area contributed by atoms with Crippen LogP contribution in [0.25, 0.3) is 0 Å². The number of hydrogen-bond acceptors (Lipinski definition) is 3. The zero-order valence-electron chi connectivity index (χ0n) is 14.2. The van der Waals surface area contributed by atoms with E-state index < -0.39 is 23.8 Å². The molecule has 1 fully saturated rings. The van der Waals surface area contributed by atoms with Gasteiger partial charge in [-0.05, 0) is 49.4 Å². The standard InChI is InChI=1S/C18H26F2N2O2/c1-3-12-4-5-21-16(8-12)18(24)17(22-11(2)23)9-13-6-14(19)10-15(20)7-13/h6-7,10,12,16-18,21,24H,3-5,8-9H2,1-2H3,(H,22,23)/t12?,16-,17-,18+/m0/s1. The van der Waals surface area contributed by atoms with E-state index in [-0.39, 0.29) is 18.4 Å². The average molecular weight is 340 g/mol. The van der Waals surface area contributed by atoms with Crippen molar-refractivity contribution < 1.29 is 18.7 Å². The van der Waals surface area contributed by atoms with E-state index in [9.17, 15) is 18.7 Å². The summed E-state index contributed by atoms with van der Waals surface area (Å²) in [5.74, 6) is -1.07. The predicted octanol–water partition coefficient (Wildman–Crippen LogP) is 2.15. The van der Waals surface area contributed by atoms with Crippen LogP contribution in [0, 0.1) is 17.6 Å². The molecule has 0 aromatic heterocycles. The minimum Gasteiger partial charge on any atom is -0.389 e. The fourth-order valence-electron chi connectivity index (χ4n) is 3.45. The molecule has 4 nitrogen and oxygen atoms in total. The molecule has 1 aromatic rings. The Balaban J connectivity index is 2.12. The van der Waals surface area contributed by atoms with E-state index in [1.807, 2.05) is 0 Å².